The molecule has 0 radical (unpaired) electrons. The lowest BCUT2D eigenvalue weighted by atomic mass is 10.1. The first-order valence-electron chi connectivity index (χ1n) is 6.35. The molecule has 0 atom stereocenters. The van der Waals surface area contributed by atoms with Crippen LogP contribution < -0.4 is 10.6 Å². The Labute approximate surface area is 126 Å². The summed E-state index contributed by atoms with van der Waals surface area (Å²) in [5, 5.41) is 5.42. The largest absolute Gasteiger partial charge is 0.325 e. The van der Waals surface area contributed by atoms with Crippen molar-refractivity contribution in [3.8, 4) is 0 Å². The highest BCUT2D eigenvalue weighted by Gasteiger charge is 2.19. The number of nitrogens with zero attached hydrogens (tertiary/aromatic N) is 1. The Balaban J connectivity index is 1.90. The smallest absolute Gasteiger partial charge is 0.257 e. The SMILES string of the molecule is Cc1ccc(NC(=O)CSC2=NC(=O)CC(=O)N2)c(C)c1. The number of aliphatic imine (C=N–C) groups is 1. The number of benzene rings is 1. The molecule has 2 rings (SSSR count). The number of hydrogen-bond donors (Lipinski definition) is 2. The van der Waals surface area contributed by atoms with Gasteiger partial charge < -0.3 is 10.6 Å². The normalized spacial score (nSPS) is 14.5. The van der Waals surface area contributed by atoms with Crippen molar-refractivity contribution in [1.82, 2.24) is 5.32 Å². The highest BCUT2D eigenvalue weighted by molar-refractivity contribution is 8.14. The third kappa shape index (κ3) is 4.42. The quantitative estimate of drug-likeness (QED) is 0.826. The van der Waals surface area contributed by atoms with Crippen molar-refractivity contribution < 1.29 is 14.4 Å². The number of anilines is 1. The van der Waals surface area contributed by atoms with Gasteiger partial charge in [0.25, 0.3) is 5.91 Å². The molecule has 0 saturated carbocycles. The van der Waals surface area contributed by atoms with E-state index in [1.165, 1.54) is 0 Å². The van der Waals surface area contributed by atoms with Gasteiger partial charge in [-0.3, -0.25) is 14.4 Å². The molecule has 0 fully saturated rings. The Morgan fingerprint density at radius 1 is 1.38 bits per heavy atom. The Hall–Kier alpha value is -2.15. The van der Waals surface area contributed by atoms with E-state index in [1.54, 1.807) is 0 Å². The van der Waals surface area contributed by atoms with Gasteiger partial charge in [-0.2, -0.15) is 4.99 Å². The minimum absolute atomic E-state index is 0.0692. The van der Waals surface area contributed by atoms with E-state index < -0.39 is 11.8 Å². The van der Waals surface area contributed by atoms with Crippen LogP contribution in [0.25, 0.3) is 0 Å². The molecule has 1 aromatic rings. The second-order valence-electron chi connectivity index (χ2n) is 4.69. The van der Waals surface area contributed by atoms with Gasteiger partial charge in [-0.05, 0) is 25.5 Å². The van der Waals surface area contributed by atoms with Crippen molar-refractivity contribution in [2.75, 3.05) is 11.1 Å². The van der Waals surface area contributed by atoms with Crippen molar-refractivity contribution in [3.63, 3.8) is 0 Å². The first kappa shape index (κ1) is 15.2. The predicted molar refractivity (Wildman–Crippen MR) is 82.2 cm³/mol. The first-order valence-corrected chi connectivity index (χ1v) is 7.34. The molecule has 1 aliphatic rings. The van der Waals surface area contributed by atoms with Gasteiger partial charge in [0.15, 0.2) is 5.17 Å². The molecule has 110 valence electrons. The highest BCUT2D eigenvalue weighted by atomic mass is 32.2. The number of amidine groups is 1. The number of carbonyl (C=O) groups is 3. The summed E-state index contributed by atoms with van der Waals surface area (Å²) in [6.45, 7) is 3.90. The molecule has 0 aromatic heterocycles. The number of carbonyl (C=O) groups excluding carboxylic acids is 3. The maximum atomic E-state index is 11.9. The molecule has 0 bridgehead atoms. The second-order valence-corrected chi connectivity index (χ2v) is 5.65. The molecule has 0 unspecified atom stereocenters. The van der Waals surface area contributed by atoms with E-state index >= 15 is 0 Å². The first-order chi connectivity index (χ1) is 9.94. The number of amides is 3. The van der Waals surface area contributed by atoms with Crippen molar-refractivity contribution in [3.05, 3.63) is 29.3 Å². The molecule has 1 aromatic carbocycles. The molecular formula is C14H15N3O3S. The average Bonchev–Trinajstić information content (AvgIpc) is 2.39. The van der Waals surface area contributed by atoms with Crippen molar-refractivity contribution >= 4 is 40.3 Å². The number of rotatable bonds is 3. The highest BCUT2D eigenvalue weighted by Crippen LogP contribution is 2.16. The summed E-state index contributed by atoms with van der Waals surface area (Å²) in [5.74, 6) is -1.04. The number of aryl methyl sites for hydroxylation is 2. The maximum absolute atomic E-state index is 11.9. The van der Waals surface area contributed by atoms with Crippen LogP contribution in [0.1, 0.15) is 17.5 Å². The molecule has 3 amide bonds. The fraction of sp³-hybridized carbons (Fsp3) is 0.286. The van der Waals surface area contributed by atoms with Crippen LogP contribution in [0.5, 0.6) is 0 Å². The fourth-order valence-corrected chi connectivity index (χ4v) is 2.52. The zero-order chi connectivity index (χ0) is 15.4. The molecule has 7 heteroatoms. The van der Waals surface area contributed by atoms with Crippen molar-refractivity contribution in [2.45, 2.75) is 20.3 Å². The minimum atomic E-state index is -0.490. The fourth-order valence-electron chi connectivity index (χ4n) is 1.82. The molecule has 21 heavy (non-hydrogen) atoms. The van der Waals surface area contributed by atoms with E-state index in [-0.39, 0.29) is 23.2 Å². The van der Waals surface area contributed by atoms with Gasteiger partial charge in [0.2, 0.25) is 11.8 Å². The van der Waals surface area contributed by atoms with Gasteiger partial charge in [0.05, 0.1) is 5.75 Å². The summed E-state index contributed by atoms with van der Waals surface area (Å²) in [6.07, 6.45) is -0.237. The van der Waals surface area contributed by atoms with E-state index in [9.17, 15) is 14.4 Å². The third-order valence-corrected chi connectivity index (χ3v) is 3.65. The van der Waals surface area contributed by atoms with Crippen LogP contribution >= 0.6 is 11.8 Å². The van der Waals surface area contributed by atoms with E-state index in [2.05, 4.69) is 15.6 Å². The number of hydrogen-bond acceptors (Lipinski definition) is 4. The summed E-state index contributed by atoms with van der Waals surface area (Å²) in [6, 6.07) is 5.74. The van der Waals surface area contributed by atoms with Crippen molar-refractivity contribution in [1.29, 1.82) is 0 Å². The van der Waals surface area contributed by atoms with Crippen LogP contribution in [0.4, 0.5) is 5.69 Å². The van der Waals surface area contributed by atoms with Crippen LogP contribution in [-0.4, -0.2) is 28.6 Å². The monoisotopic (exact) mass is 305 g/mol. The van der Waals surface area contributed by atoms with Crippen LogP contribution in [0.2, 0.25) is 0 Å². The summed E-state index contributed by atoms with van der Waals surface area (Å²) in [4.78, 5) is 37.8. The third-order valence-electron chi connectivity index (χ3n) is 2.78. The Morgan fingerprint density at radius 3 is 2.81 bits per heavy atom. The minimum Gasteiger partial charge on any atom is -0.325 e. The molecule has 0 saturated heterocycles. The van der Waals surface area contributed by atoms with Gasteiger partial charge in [-0.15, -0.1) is 0 Å². The van der Waals surface area contributed by atoms with Gasteiger partial charge in [0, 0.05) is 5.69 Å². The lowest BCUT2D eigenvalue weighted by molar-refractivity contribution is -0.127. The summed E-state index contributed by atoms with van der Waals surface area (Å²) in [7, 11) is 0. The Bertz CT molecular complexity index is 640. The van der Waals surface area contributed by atoms with Gasteiger partial charge >= 0.3 is 0 Å². The molecule has 0 aliphatic carbocycles. The molecule has 2 N–H and O–H groups in total. The van der Waals surface area contributed by atoms with Crippen LogP contribution in [0.3, 0.4) is 0 Å². The summed E-state index contributed by atoms with van der Waals surface area (Å²) in [5.41, 5.74) is 2.85. The van der Waals surface area contributed by atoms with E-state index in [4.69, 9.17) is 0 Å². The number of nitrogens with one attached hydrogen (secondary N) is 2. The predicted octanol–water partition coefficient (Wildman–Crippen LogP) is 1.38. The average molecular weight is 305 g/mol. The van der Waals surface area contributed by atoms with Crippen LogP contribution in [-0.2, 0) is 14.4 Å². The lowest BCUT2D eigenvalue weighted by Gasteiger charge is -2.12. The standard InChI is InChI=1S/C14H15N3O3S/c1-8-3-4-10(9(2)5-8)15-13(20)7-21-14-16-11(18)6-12(19)17-14/h3-5H,6-7H2,1-2H3,(H,15,20)(H,16,17,18,19). The topological polar surface area (TPSA) is 87.6 Å². The van der Waals surface area contributed by atoms with E-state index in [0.29, 0.717) is 0 Å². The second kappa shape index (κ2) is 6.53. The number of thioether (sulfide) groups is 1. The zero-order valence-corrected chi connectivity index (χ0v) is 12.5. The molecule has 1 heterocycles. The van der Waals surface area contributed by atoms with E-state index in [0.717, 1.165) is 28.6 Å². The molecular weight excluding hydrogens is 290 g/mol. The Morgan fingerprint density at radius 2 is 2.14 bits per heavy atom. The van der Waals surface area contributed by atoms with Crippen molar-refractivity contribution in [2.24, 2.45) is 4.99 Å². The zero-order valence-electron chi connectivity index (χ0n) is 11.7. The Kier molecular flexibility index (Phi) is 4.74. The molecule has 6 nitrogen and oxygen atoms in total. The maximum Gasteiger partial charge on any atom is 0.257 e. The van der Waals surface area contributed by atoms with Gasteiger partial charge in [-0.1, -0.05) is 29.5 Å². The van der Waals surface area contributed by atoms with Crippen LogP contribution in [0.15, 0.2) is 23.2 Å². The van der Waals surface area contributed by atoms with Gasteiger partial charge in [-0.25, -0.2) is 0 Å². The lowest BCUT2D eigenvalue weighted by Crippen LogP contribution is -2.35. The molecule has 0 spiro atoms. The summed E-state index contributed by atoms with van der Waals surface area (Å²) >= 11 is 1.03. The van der Waals surface area contributed by atoms with Crippen LogP contribution in [0, 0.1) is 13.8 Å². The molecule has 1 aliphatic heterocycles. The van der Waals surface area contributed by atoms with E-state index in [1.807, 2.05) is 32.0 Å². The summed E-state index contributed by atoms with van der Waals surface area (Å²) < 4.78 is 0. The van der Waals surface area contributed by atoms with Gasteiger partial charge in [0.1, 0.15) is 6.42 Å².